The van der Waals surface area contributed by atoms with Crippen LogP contribution in [0.1, 0.15) is 20.8 Å². The third-order valence-electron chi connectivity index (χ3n) is 5.60. The average molecular weight is 465 g/mol. The third-order valence-corrected chi connectivity index (χ3v) is 11.0. The fourth-order valence-corrected chi connectivity index (χ4v) is 4.71. The molecule has 168 valence electrons. The second kappa shape index (κ2) is 10.3. The van der Waals surface area contributed by atoms with E-state index < -0.39 is 8.32 Å². The number of anilines is 2. The van der Waals surface area contributed by atoms with Crippen LogP contribution in [-0.4, -0.2) is 20.8 Å². The van der Waals surface area contributed by atoms with Gasteiger partial charge in [-0.1, -0.05) is 68.9 Å². The Hall–Kier alpha value is -2.70. The number of amides is 1. The van der Waals surface area contributed by atoms with Gasteiger partial charge in [0.25, 0.3) is 0 Å². The summed E-state index contributed by atoms with van der Waals surface area (Å²) in [5, 5.41) is 6.37. The van der Waals surface area contributed by atoms with Crippen molar-refractivity contribution in [2.24, 2.45) is 0 Å². The van der Waals surface area contributed by atoms with E-state index in [1.54, 1.807) is 11.8 Å². The van der Waals surface area contributed by atoms with Gasteiger partial charge in [-0.15, -0.1) is 0 Å². The first-order valence-corrected chi connectivity index (χ1v) is 14.5. The van der Waals surface area contributed by atoms with Gasteiger partial charge in [0.1, 0.15) is 5.75 Å². The first-order chi connectivity index (χ1) is 15.1. The summed E-state index contributed by atoms with van der Waals surface area (Å²) in [6, 6.07) is 25.8. The number of para-hydroxylation sites is 1. The Morgan fingerprint density at radius 1 is 0.938 bits per heavy atom. The Labute approximate surface area is 196 Å². The van der Waals surface area contributed by atoms with Crippen LogP contribution in [0.15, 0.2) is 88.7 Å². The largest absolute Gasteiger partial charge is 0.543 e. The van der Waals surface area contributed by atoms with Gasteiger partial charge in [-0.05, 0) is 54.5 Å². The van der Waals surface area contributed by atoms with E-state index in [9.17, 15) is 4.79 Å². The first-order valence-electron chi connectivity index (χ1n) is 10.8. The minimum atomic E-state index is -1.91. The summed E-state index contributed by atoms with van der Waals surface area (Å²) >= 11 is 1.63. The van der Waals surface area contributed by atoms with Crippen molar-refractivity contribution in [1.29, 1.82) is 0 Å². The zero-order valence-electron chi connectivity index (χ0n) is 19.4. The van der Waals surface area contributed by atoms with Crippen molar-refractivity contribution in [2.45, 2.75) is 48.7 Å². The lowest BCUT2D eigenvalue weighted by Crippen LogP contribution is -2.43. The Bertz CT molecular complexity index is 1050. The highest BCUT2D eigenvalue weighted by Crippen LogP contribution is 2.37. The molecule has 0 unspecified atom stereocenters. The molecule has 0 spiro atoms. The third kappa shape index (κ3) is 6.65. The van der Waals surface area contributed by atoms with Crippen LogP contribution in [0.2, 0.25) is 18.1 Å². The number of hydrogen-bond donors (Lipinski definition) is 2. The lowest BCUT2D eigenvalue weighted by molar-refractivity contribution is -0.114. The summed E-state index contributed by atoms with van der Waals surface area (Å²) in [7, 11) is -1.91. The van der Waals surface area contributed by atoms with Crippen molar-refractivity contribution in [2.75, 3.05) is 17.2 Å². The summed E-state index contributed by atoms with van der Waals surface area (Å²) in [6.07, 6.45) is 0. The number of carbonyl (C=O) groups is 1. The summed E-state index contributed by atoms with van der Waals surface area (Å²) in [5.41, 5.74) is 1.67. The van der Waals surface area contributed by atoms with Crippen LogP contribution in [-0.2, 0) is 4.79 Å². The highest BCUT2D eigenvalue weighted by atomic mass is 32.2. The molecule has 0 saturated carbocycles. The molecule has 0 bridgehead atoms. The monoisotopic (exact) mass is 464 g/mol. The van der Waals surface area contributed by atoms with Crippen LogP contribution in [0.3, 0.4) is 0 Å². The maximum absolute atomic E-state index is 12.6. The lowest BCUT2D eigenvalue weighted by atomic mass is 10.2. The molecule has 3 aromatic rings. The molecule has 1 amide bonds. The molecule has 6 heteroatoms. The normalized spacial score (nSPS) is 11.7. The van der Waals surface area contributed by atoms with Crippen LogP contribution in [0, 0.1) is 0 Å². The van der Waals surface area contributed by atoms with E-state index in [2.05, 4.69) is 56.6 Å². The minimum Gasteiger partial charge on any atom is -0.543 e. The quantitative estimate of drug-likeness (QED) is 0.344. The van der Waals surface area contributed by atoms with Crippen LogP contribution < -0.4 is 15.1 Å². The second-order valence-electron chi connectivity index (χ2n) is 9.20. The molecule has 0 fully saturated rings. The van der Waals surface area contributed by atoms with Crippen LogP contribution in [0.25, 0.3) is 0 Å². The molecule has 2 N–H and O–H groups in total. The molecule has 0 saturated heterocycles. The van der Waals surface area contributed by atoms with E-state index in [0.29, 0.717) is 0 Å². The number of benzene rings is 3. The van der Waals surface area contributed by atoms with Crippen LogP contribution in [0.5, 0.6) is 5.75 Å². The SMILES string of the molecule is CC(C)(C)[Si](C)(C)Oc1cccc(NCC(=O)Nc2ccccc2Sc2ccccc2)c1. The smallest absolute Gasteiger partial charge is 0.250 e. The molecule has 3 aromatic carbocycles. The number of hydrogen-bond acceptors (Lipinski definition) is 4. The fraction of sp³-hybridized carbons (Fsp3) is 0.269. The van der Waals surface area contributed by atoms with E-state index in [4.69, 9.17) is 4.43 Å². The molecule has 0 aliphatic heterocycles. The van der Waals surface area contributed by atoms with Crippen molar-refractivity contribution in [1.82, 2.24) is 0 Å². The fourth-order valence-electron chi connectivity index (χ4n) is 2.77. The highest BCUT2D eigenvalue weighted by molar-refractivity contribution is 7.99. The van der Waals surface area contributed by atoms with Crippen molar-refractivity contribution in [3.8, 4) is 5.75 Å². The van der Waals surface area contributed by atoms with Gasteiger partial charge in [0.05, 0.1) is 12.2 Å². The van der Waals surface area contributed by atoms with E-state index in [0.717, 1.165) is 26.9 Å². The zero-order valence-corrected chi connectivity index (χ0v) is 21.3. The van der Waals surface area contributed by atoms with Gasteiger partial charge in [0.15, 0.2) is 0 Å². The summed E-state index contributed by atoms with van der Waals surface area (Å²) in [4.78, 5) is 14.8. The van der Waals surface area contributed by atoms with E-state index >= 15 is 0 Å². The predicted octanol–water partition coefficient (Wildman–Crippen LogP) is 7.27. The van der Waals surface area contributed by atoms with Gasteiger partial charge < -0.3 is 15.1 Å². The van der Waals surface area contributed by atoms with Crippen molar-refractivity contribution in [3.63, 3.8) is 0 Å². The van der Waals surface area contributed by atoms with Crippen molar-refractivity contribution in [3.05, 3.63) is 78.9 Å². The molecule has 3 rings (SSSR count). The number of carbonyl (C=O) groups excluding carboxylic acids is 1. The standard InChI is InChI=1S/C26H32N2O2SSi/c1-26(2,3)32(4,5)30-21-13-11-12-20(18-21)27-19-25(29)28-23-16-9-10-17-24(23)31-22-14-7-6-8-15-22/h6-18,27H,19H2,1-5H3,(H,28,29). The average Bonchev–Trinajstić information content (AvgIpc) is 2.74. The molecular formula is C26H32N2O2SSi. The maximum atomic E-state index is 12.6. The maximum Gasteiger partial charge on any atom is 0.250 e. The van der Waals surface area contributed by atoms with Crippen molar-refractivity contribution < 1.29 is 9.22 Å². The van der Waals surface area contributed by atoms with E-state index in [-0.39, 0.29) is 17.5 Å². The molecule has 0 aliphatic carbocycles. The highest BCUT2D eigenvalue weighted by Gasteiger charge is 2.38. The van der Waals surface area contributed by atoms with E-state index in [1.165, 1.54) is 0 Å². The molecule has 4 nitrogen and oxygen atoms in total. The molecule has 0 radical (unpaired) electrons. The molecule has 32 heavy (non-hydrogen) atoms. The van der Waals surface area contributed by atoms with Gasteiger partial charge >= 0.3 is 0 Å². The van der Waals surface area contributed by atoms with Crippen LogP contribution >= 0.6 is 11.8 Å². The Kier molecular flexibility index (Phi) is 7.69. The minimum absolute atomic E-state index is 0.0955. The van der Waals surface area contributed by atoms with Gasteiger partial charge in [0.2, 0.25) is 14.2 Å². The van der Waals surface area contributed by atoms with Gasteiger partial charge in [-0.2, -0.15) is 0 Å². The van der Waals surface area contributed by atoms with E-state index in [1.807, 2.05) is 66.7 Å². The summed E-state index contributed by atoms with van der Waals surface area (Å²) in [5.74, 6) is 0.744. The Morgan fingerprint density at radius 3 is 2.34 bits per heavy atom. The second-order valence-corrected chi connectivity index (χ2v) is 15.0. The molecule has 0 atom stereocenters. The number of rotatable bonds is 8. The molecular weight excluding hydrogens is 432 g/mol. The lowest BCUT2D eigenvalue weighted by Gasteiger charge is -2.36. The summed E-state index contributed by atoms with van der Waals surface area (Å²) < 4.78 is 6.38. The topological polar surface area (TPSA) is 50.4 Å². The van der Waals surface area contributed by atoms with Crippen LogP contribution in [0.4, 0.5) is 11.4 Å². The Morgan fingerprint density at radius 2 is 1.62 bits per heavy atom. The first kappa shape index (κ1) is 23.9. The molecule has 0 aromatic heterocycles. The molecule has 0 aliphatic rings. The van der Waals surface area contributed by atoms with Gasteiger partial charge in [-0.25, -0.2) is 0 Å². The predicted molar refractivity (Wildman–Crippen MR) is 138 cm³/mol. The Balaban J connectivity index is 1.60. The molecule has 0 heterocycles. The van der Waals surface area contributed by atoms with Gasteiger partial charge in [-0.3, -0.25) is 4.79 Å². The zero-order chi connectivity index (χ0) is 23.2. The number of nitrogens with one attached hydrogen (secondary N) is 2. The summed E-state index contributed by atoms with van der Waals surface area (Å²) in [6.45, 7) is 11.3. The van der Waals surface area contributed by atoms with Crippen molar-refractivity contribution >= 4 is 37.4 Å². The van der Waals surface area contributed by atoms with Gasteiger partial charge in [0, 0.05) is 21.5 Å².